The van der Waals surface area contributed by atoms with Gasteiger partial charge in [0.2, 0.25) is 5.91 Å². The van der Waals surface area contributed by atoms with Crippen LogP contribution in [-0.4, -0.2) is 17.5 Å². The monoisotopic (exact) mass is 180 g/mol. The highest BCUT2D eigenvalue weighted by Crippen LogP contribution is 2.38. The summed E-state index contributed by atoms with van der Waals surface area (Å²) in [5.41, 5.74) is 5.14. The number of carbonyl (C=O) groups is 1. The van der Waals surface area contributed by atoms with E-state index in [1.807, 2.05) is 0 Å². The molecule has 3 N–H and O–H groups in total. The molecule has 72 valence electrons. The summed E-state index contributed by atoms with van der Waals surface area (Å²) in [5, 5.41) is 2.69. The second-order valence-electron chi connectivity index (χ2n) is 3.92. The molecular formula is C10H16N2O. The molecule has 1 saturated carbocycles. The maximum Gasteiger partial charge on any atom is 0.241 e. The van der Waals surface area contributed by atoms with E-state index >= 15 is 0 Å². The largest absolute Gasteiger partial charge is 0.341 e. The van der Waals surface area contributed by atoms with Crippen LogP contribution >= 0.6 is 0 Å². The number of nitrogens with two attached hydrogens (primary N) is 1. The van der Waals surface area contributed by atoms with Gasteiger partial charge >= 0.3 is 0 Å². The van der Waals surface area contributed by atoms with Gasteiger partial charge in [-0.05, 0) is 32.6 Å². The number of terminal acetylenes is 1. The van der Waals surface area contributed by atoms with Crippen molar-refractivity contribution < 1.29 is 4.79 Å². The maximum absolute atomic E-state index is 11.6. The van der Waals surface area contributed by atoms with Gasteiger partial charge in [0.1, 0.15) is 0 Å². The minimum atomic E-state index is -0.745. The third kappa shape index (κ3) is 2.22. The topological polar surface area (TPSA) is 55.1 Å². The second-order valence-corrected chi connectivity index (χ2v) is 3.92. The summed E-state index contributed by atoms with van der Waals surface area (Å²) in [7, 11) is 0. The van der Waals surface area contributed by atoms with Gasteiger partial charge in [0, 0.05) is 0 Å². The molecule has 0 radical (unpaired) electrons. The number of rotatable bonds is 3. The van der Waals surface area contributed by atoms with E-state index in [0.717, 1.165) is 12.8 Å². The number of amides is 1. The Morgan fingerprint density at radius 1 is 1.77 bits per heavy atom. The molecule has 0 aromatic rings. The molecular weight excluding hydrogens is 164 g/mol. The summed E-state index contributed by atoms with van der Waals surface area (Å²) in [6.45, 7) is 3.53. The molecule has 13 heavy (non-hydrogen) atoms. The highest BCUT2D eigenvalue weighted by Gasteiger charge is 2.44. The van der Waals surface area contributed by atoms with E-state index in [4.69, 9.17) is 12.2 Å². The summed E-state index contributed by atoms with van der Waals surface area (Å²) < 4.78 is 0. The molecule has 0 aromatic carbocycles. The van der Waals surface area contributed by atoms with Crippen LogP contribution in [0.5, 0.6) is 0 Å². The maximum atomic E-state index is 11.6. The van der Waals surface area contributed by atoms with Gasteiger partial charge in [-0.15, -0.1) is 6.42 Å². The first-order chi connectivity index (χ1) is 5.98. The minimum Gasteiger partial charge on any atom is -0.341 e. The van der Waals surface area contributed by atoms with Gasteiger partial charge in [0.15, 0.2) is 0 Å². The molecule has 0 spiro atoms. The molecule has 1 amide bonds. The first kappa shape index (κ1) is 10.1. The molecule has 3 heteroatoms. The lowest BCUT2D eigenvalue weighted by Gasteiger charge is -2.24. The lowest BCUT2D eigenvalue weighted by atomic mass is 9.96. The summed E-state index contributed by atoms with van der Waals surface area (Å²) in [6.07, 6.45) is 7.24. The van der Waals surface area contributed by atoms with E-state index in [1.54, 1.807) is 13.8 Å². The number of hydrogen-bond donors (Lipinski definition) is 2. The fourth-order valence-corrected chi connectivity index (χ4v) is 1.26. The van der Waals surface area contributed by atoms with Crippen molar-refractivity contribution >= 4 is 5.91 Å². The average Bonchev–Trinajstić information content (AvgIpc) is 2.86. The number of nitrogens with one attached hydrogen (secondary N) is 1. The number of hydrogen-bond acceptors (Lipinski definition) is 2. The van der Waals surface area contributed by atoms with E-state index in [9.17, 15) is 4.79 Å². The summed E-state index contributed by atoms with van der Waals surface area (Å²) in [5.74, 6) is 2.63. The van der Waals surface area contributed by atoms with Crippen LogP contribution in [0.25, 0.3) is 0 Å². The zero-order chi connectivity index (χ0) is 10.1. The van der Waals surface area contributed by atoms with Crippen LogP contribution in [0, 0.1) is 18.3 Å². The standard InChI is InChI=1S/C10H16N2O/c1-4-7(2)12-9(13)10(3,11)8-5-6-8/h1,7-8H,5-6,11H2,2-3H3,(H,12,13). The highest BCUT2D eigenvalue weighted by atomic mass is 16.2. The van der Waals surface area contributed by atoms with Crippen LogP contribution in [0.3, 0.4) is 0 Å². The molecule has 0 aliphatic heterocycles. The molecule has 1 rings (SSSR count). The zero-order valence-electron chi connectivity index (χ0n) is 8.13. The lowest BCUT2D eigenvalue weighted by Crippen LogP contribution is -2.55. The van der Waals surface area contributed by atoms with Crippen LogP contribution in [0.4, 0.5) is 0 Å². The molecule has 1 fully saturated rings. The first-order valence-electron chi connectivity index (χ1n) is 4.54. The Morgan fingerprint density at radius 3 is 2.69 bits per heavy atom. The smallest absolute Gasteiger partial charge is 0.241 e. The lowest BCUT2D eigenvalue weighted by molar-refractivity contribution is -0.126. The quantitative estimate of drug-likeness (QED) is 0.612. The van der Waals surface area contributed by atoms with Crippen LogP contribution in [-0.2, 0) is 4.79 Å². The van der Waals surface area contributed by atoms with Crippen molar-refractivity contribution in [1.82, 2.24) is 5.32 Å². The fourth-order valence-electron chi connectivity index (χ4n) is 1.26. The molecule has 0 saturated heterocycles. The molecule has 0 aromatic heterocycles. The van der Waals surface area contributed by atoms with E-state index in [0.29, 0.717) is 5.92 Å². The van der Waals surface area contributed by atoms with Crippen LogP contribution in [0.15, 0.2) is 0 Å². The van der Waals surface area contributed by atoms with Crippen molar-refractivity contribution in [2.75, 3.05) is 0 Å². The number of carbonyl (C=O) groups excluding carboxylic acids is 1. The molecule has 2 atom stereocenters. The van der Waals surface area contributed by atoms with Gasteiger partial charge in [-0.1, -0.05) is 5.92 Å². The zero-order valence-corrected chi connectivity index (χ0v) is 8.13. The summed E-state index contributed by atoms with van der Waals surface area (Å²) >= 11 is 0. The summed E-state index contributed by atoms with van der Waals surface area (Å²) in [4.78, 5) is 11.6. The van der Waals surface area contributed by atoms with Crippen molar-refractivity contribution in [3.63, 3.8) is 0 Å². The van der Waals surface area contributed by atoms with E-state index in [-0.39, 0.29) is 11.9 Å². The molecule has 1 aliphatic rings. The second kappa shape index (κ2) is 3.39. The SMILES string of the molecule is C#CC(C)NC(=O)C(C)(N)C1CC1. The summed E-state index contributed by atoms with van der Waals surface area (Å²) in [6, 6.07) is -0.242. The van der Waals surface area contributed by atoms with Gasteiger partial charge in [-0.25, -0.2) is 0 Å². The minimum absolute atomic E-state index is 0.138. The fraction of sp³-hybridized carbons (Fsp3) is 0.700. The van der Waals surface area contributed by atoms with Crippen LogP contribution in [0.1, 0.15) is 26.7 Å². The van der Waals surface area contributed by atoms with Crippen molar-refractivity contribution in [3.05, 3.63) is 0 Å². The van der Waals surface area contributed by atoms with Gasteiger partial charge in [0.05, 0.1) is 11.6 Å². The predicted octanol–water partition coefficient (Wildman–Crippen LogP) is 0.252. The Hall–Kier alpha value is -1.01. The predicted molar refractivity (Wildman–Crippen MR) is 51.8 cm³/mol. The average molecular weight is 180 g/mol. The molecule has 3 nitrogen and oxygen atoms in total. The Bertz CT molecular complexity index is 248. The van der Waals surface area contributed by atoms with Crippen molar-refractivity contribution in [1.29, 1.82) is 0 Å². The Kier molecular flexibility index (Phi) is 2.63. The van der Waals surface area contributed by atoms with Crippen LogP contribution in [0.2, 0.25) is 0 Å². The van der Waals surface area contributed by atoms with E-state index < -0.39 is 5.54 Å². The normalized spacial score (nSPS) is 22.6. The van der Waals surface area contributed by atoms with Gasteiger partial charge < -0.3 is 11.1 Å². The van der Waals surface area contributed by atoms with Gasteiger partial charge in [0.25, 0.3) is 0 Å². The highest BCUT2D eigenvalue weighted by molar-refractivity contribution is 5.86. The molecule has 0 heterocycles. The molecule has 2 unspecified atom stereocenters. The third-order valence-corrected chi connectivity index (χ3v) is 2.51. The Morgan fingerprint density at radius 2 is 2.31 bits per heavy atom. The first-order valence-corrected chi connectivity index (χ1v) is 4.54. The Labute approximate surface area is 79.1 Å². The van der Waals surface area contributed by atoms with Crippen molar-refractivity contribution in [2.24, 2.45) is 11.7 Å². The van der Waals surface area contributed by atoms with E-state index in [2.05, 4.69) is 11.2 Å². The molecule has 1 aliphatic carbocycles. The van der Waals surface area contributed by atoms with Crippen molar-refractivity contribution in [3.8, 4) is 12.3 Å². The Balaban J connectivity index is 2.51. The van der Waals surface area contributed by atoms with Crippen LogP contribution < -0.4 is 11.1 Å². The van der Waals surface area contributed by atoms with Crippen molar-refractivity contribution in [2.45, 2.75) is 38.3 Å². The molecule has 0 bridgehead atoms. The van der Waals surface area contributed by atoms with Gasteiger partial charge in [-0.2, -0.15) is 0 Å². The van der Waals surface area contributed by atoms with E-state index in [1.165, 1.54) is 0 Å². The third-order valence-electron chi connectivity index (χ3n) is 2.51. The van der Waals surface area contributed by atoms with Gasteiger partial charge in [-0.3, -0.25) is 4.79 Å².